The molecule has 10 nitrogen and oxygen atoms in total. The standard InChI is InChI=1S/C31H38FN7O3S/c1-18-16-21-26(24(32)23(18)20-9-6-10-22-25(20)34-28(33)43-22)35-29(41-17-19-8-7-11-37(19)5)36-27(21)38-12-14-39(15-13-38)30(40)42-31(2,3)4/h6,9-10,16,19H,7-8,11-15,17H2,1-5H3,(H2,33,34). The van der Waals surface area contributed by atoms with Gasteiger partial charge in [0.2, 0.25) is 0 Å². The van der Waals surface area contributed by atoms with Gasteiger partial charge in [-0.05, 0) is 71.8 Å². The first-order chi connectivity index (χ1) is 20.5. The third-order valence-corrected chi connectivity index (χ3v) is 8.95. The Morgan fingerprint density at radius 1 is 1.12 bits per heavy atom. The molecule has 0 aliphatic carbocycles. The molecule has 1 amide bonds. The summed E-state index contributed by atoms with van der Waals surface area (Å²) in [6.07, 6.45) is 1.80. The zero-order valence-corrected chi connectivity index (χ0v) is 26.1. The van der Waals surface area contributed by atoms with Gasteiger partial charge in [0.1, 0.15) is 23.5 Å². The lowest BCUT2D eigenvalue weighted by atomic mass is 9.96. The summed E-state index contributed by atoms with van der Waals surface area (Å²) in [6, 6.07) is 8.02. The molecule has 4 aromatic rings. The van der Waals surface area contributed by atoms with Gasteiger partial charge in [0, 0.05) is 48.7 Å². The molecule has 1 unspecified atom stereocenters. The first kappa shape index (κ1) is 29.3. The Balaban J connectivity index is 1.40. The van der Waals surface area contributed by atoms with Gasteiger partial charge in [-0.25, -0.2) is 14.2 Å². The monoisotopic (exact) mass is 607 g/mol. The van der Waals surface area contributed by atoms with Crippen molar-refractivity contribution < 1.29 is 18.7 Å². The van der Waals surface area contributed by atoms with Crippen molar-refractivity contribution in [1.29, 1.82) is 0 Å². The lowest BCUT2D eigenvalue weighted by molar-refractivity contribution is 0.0240. The number of amides is 1. The van der Waals surface area contributed by atoms with Crippen LogP contribution in [0.1, 0.15) is 39.2 Å². The second kappa shape index (κ2) is 11.4. The molecule has 12 heteroatoms. The maximum atomic E-state index is 16.7. The summed E-state index contributed by atoms with van der Waals surface area (Å²) < 4.78 is 29.3. The zero-order valence-electron chi connectivity index (χ0n) is 25.3. The summed E-state index contributed by atoms with van der Waals surface area (Å²) in [4.78, 5) is 32.7. The van der Waals surface area contributed by atoms with Gasteiger partial charge in [-0.2, -0.15) is 9.97 Å². The molecule has 0 saturated carbocycles. The Kier molecular flexibility index (Phi) is 7.76. The van der Waals surface area contributed by atoms with E-state index in [1.165, 1.54) is 11.3 Å². The van der Waals surface area contributed by atoms with Crippen molar-refractivity contribution >= 4 is 49.5 Å². The number of nitrogens with two attached hydrogens (primary N) is 1. The predicted octanol–water partition coefficient (Wildman–Crippen LogP) is 5.47. The molecule has 2 aliphatic rings. The second-order valence-electron chi connectivity index (χ2n) is 12.4. The number of aryl methyl sites for hydroxylation is 1. The number of halogens is 1. The number of hydrogen-bond donors (Lipinski definition) is 1. The van der Waals surface area contributed by atoms with E-state index in [0.29, 0.717) is 65.8 Å². The molecule has 0 spiro atoms. The summed E-state index contributed by atoms with van der Waals surface area (Å²) in [6.45, 7) is 10.8. The smallest absolute Gasteiger partial charge is 0.410 e. The van der Waals surface area contributed by atoms with E-state index in [9.17, 15) is 4.79 Å². The highest BCUT2D eigenvalue weighted by Gasteiger charge is 2.29. The number of anilines is 2. The summed E-state index contributed by atoms with van der Waals surface area (Å²) in [5.41, 5.74) is 8.14. The van der Waals surface area contributed by atoms with Gasteiger partial charge in [0.15, 0.2) is 10.9 Å². The highest BCUT2D eigenvalue weighted by atomic mass is 32.1. The van der Waals surface area contributed by atoms with Crippen LogP contribution in [0.25, 0.3) is 32.2 Å². The number of carbonyl (C=O) groups is 1. The van der Waals surface area contributed by atoms with E-state index in [-0.39, 0.29) is 23.7 Å². The molecule has 2 aromatic heterocycles. The number of piperazine rings is 1. The van der Waals surface area contributed by atoms with E-state index in [1.807, 2.05) is 52.0 Å². The minimum atomic E-state index is -0.571. The third-order valence-electron chi connectivity index (χ3n) is 8.10. The number of benzene rings is 2. The maximum Gasteiger partial charge on any atom is 0.410 e. The molecule has 228 valence electrons. The Morgan fingerprint density at radius 2 is 1.88 bits per heavy atom. The van der Waals surface area contributed by atoms with Crippen molar-refractivity contribution in [2.45, 2.75) is 52.2 Å². The summed E-state index contributed by atoms with van der Waals surface area (Å²) in [7, 11) is 2.08. The number of para-hydroxylation sites is 1. The van der Waals surface area contributed by atoms with Crippen molar-refractivity contribution in [3.05, 3.63) is 35.6 Å². The highest BCUT2D eigenvalue weighted by Crippen LogP contribution is 2.40. The average Bonchev–Trinajstić information content (AvgIpc) is 3.55. The second-order valence-corrected chi connectivity index (χ2v) is 13.4. The van der Waals surface area contributed by atoms with Crippen molar-refractivity contribution in [3.8, 4) is 17.1 Å². The van der Waals surface area contributed by atoms with Gasteiger partial charge >= 0.3 is 12.1 Å². The molecule has 2 fully saturated rings. The van der Waals surface area contributed by atoms with Crippen LogP contribution in [0.2, 0.25) is 0 Å². The fourth-order valence-electron chi connectivity index (χ4n) is 5.91. The number of nitrogen functional groups attached to an aromatic ring is 1. The first-order valence-electron chi connectivity index (χ1n) is 14.7. The molecule has 0 bridgehead atoms. The van der Waals surface area contributed by atoms with E-state index in [0.717, 1.165) is 29.6 Å². The van der Waals surface area contributed by atoms with E-state index in [4.69, 9.17) is 20.2 Å². The number of rotatable bonds is 5. The van der Waals surface area contributed by atoms with Crippen LogP contribution in [0.4, 0.5) is 20.1 Å². The van der Waals surface area contributed by atoms with Gasteiger partial charge in [-0.15, -0.1) is 0 Å². The normalized spacial score (nSPS) is 18.1. The van der Waals surface area contributed by atoms with Gasteiger partial charge in [-0.3, -0.25) is 0 Å². The lowest BCUT2D eigenvalue weighted by Gasteiger charge is -2.36. The number of likely N-dealkylation sites (N-methyl/N-ethyl adjacent to an activating group) is 1. The van der Waals surface area contributed by atoms with Crippen LogP contribution in [0.15, 0.2) is 24.3 Å². The molecule has 1 atom stereocenters. The number of fused-ring (bicyclic) bond motifs is 2. The highest BCUT2D eigenvalue weighted by molar-refractivity contribution is 7.22. The SMILES string of the molecule is Cc1cc2c(N3CCN(C(=O)OC(C)(C)C)CC3)nc(OCC3CCCN3C)nc2c(F)c1-c1cccc2sc(N)nc12. The largest absolute Gasteiger partial charge is 0.462 e. The molecule has 2 N–H and O–H groups in total. The van der Waals surface area contributed by atoms with Gasteiger partial charge in [0.25, 0.3) is 0 Å². The minimum Gasteiger partial charge on any atom is -0.462 e. The molecular weight excluding hydrogens is 569 g/mol. The van der Waals surface area contributed by atoms with Crippen LogP contribution >= 0.6 is 11.3 Å². The molecular formula is C31H38FN7O3S. The number of thiazole rings is 1. The van der Waals surface area contributed by atoms with E-state index in [2.05, 4.69) is 26.8 Å². The molecule has 2 aromatic carbocycles. The Morgan fingerprint density at radius 3 is 2.58 bits per heavy atom. The van der Waals surface area contributed by atoms with Crippen LogP contribution < -0.4 is 15.4 Å². The molecule has 0 radical (unpaired) electrons. The number of likely N-dealkylation sites (tertiary alicyclic amines) is 1. The number of hydrogen-bond acceptors (Lipinski definition) is 10. The number of ether oxygens (including phenoxy) is 2. The van der Waals surface area contributed by atoms with Crippen molar-refractivity contribution in [2.24, 2.45) is 0 Å². The maximum absolute atomic E-state index is 16.7. The molecule has 43 heavy (non-hydrogen) atoms. The van der Waals surface area contributed by atoms with Crippen molar-refractivity contribution in [2.75, 3.05) is 57.0 Å². The van der Waals surface area contributed by atoms with Crippen LogP contribution in [0.3, 0.4) is 0 Å². The quantitative estimate of drug-likeness (QED) is 0.316. The van der Waals surface area contributed by atoms with E-state index >= 15 is 4.39 Å². The third kappa shape index (κ3) is 5.90. The van der Waals surface area contributed by atoms with Crippen molar-refractivity contribution in [3.63, 3.8) is 0 Å². The molecule has 2 saturated heterocycles. The van der Waals surface area contributed by atoms with Crippen LogP contribution in [0.5, 0.6) is 6.01 Å². The first-order valence-corrected chi connectivity index (χ1v) is 15.5. The summed E-state index contributed by atoms with van der Waals surface area (Å²) >= 11 is 1.37. The Bertz CT molecular complexity index is 1680. The minimum absolute atomic E-state index is 0.141. The molecule has 4 heterocycles. The van der Waals surface area contributed by atoms with Gasteiger partial charge in [-0.1, -0.05) is 23.5 Å². The molecule has 2 aliphatic heterocycles. The predicted molar refractivity (Wildman–Crippen MR) is 168 cm³/mol. The van der Waals surface area contributed by atoms with Gasteiger partial charge in [0.05, 0.1) is 10.2 Å². The van der Waals surface area contributed by atoms with E-state index in [1.54, 1.807) is 4.90 Å². The average molecular weight is 608 g/mol. The van der Waals surface area contributed by atoms with Crippen LogP contribution in [0, 0.1) is 12.7 Å². The van der Waals surface area contributed by atoms with E-state index < -0.39 is 11.4 Å². The topological polar surface area (TPSA) is 110 Å². The molecule has 6 rings (SSSR count). The van der Waals surface area contributed by atoms with Crippen LogP contribution in [-0.2, 0) is 4.74 Å². The lowest BCUT2D eigenvalue weighted by Crippen LogP contribution is -2.50. The van der Waals surface area contributed by atoms with Gasteiger partial charge < -0.3 is 29.9 Å². The fraction of sp³-hybridized carbons (Fsp3) is 0.484. The van der Waals surface area contributed by atoms with Crippen LogP contribution in [-0.4, -0.2) is 88.9 Å². The Hall–Kier alpha value is -3.77. The zero-order chi connectivity index (χ0) is 30.5. The number of carbonyl (C=O) groups excluding carboxylic acids is 1. The summed E-state index contributed by atoms with van der Waals surface area (Å²) in [5, 5.41) is 1.03. The number of aromatic nitrogens is 3. The fourth-order valence-corrected chi connectivity index (χ4v) is 6.67. The number of nitrogens with zero attached hydrogens (tertiary/aromatic N) is 6. The summed E-state index contributed by atoms with van der Waals surface area (Å²) in [5.74, 6) is 0.140. The van der Waals surface area contributed by atoms with Crippen molar-refractivity contribution in [1.82, 2.24) is 24.8 Å². The Labute approximate surface area is 254 Å².